The van der Waals surface area contributed by atoms with Crippen molar-refractivity contribution in [3.8, 4) is 0 Å². The third kappa shape index (κ3) is 4.63. The molecule has 4 amide bonds. The van der Waals surface area contributed by atoms with Gasteiger partial charge in [0, 0.05) is 25.6 Å². The number of rotatable bonds is 6. The quantitative estimate of drug-likeness (QED) is 0.707. The highest BCUT2D eigenvalue weighted by Crippen LogP contribution is 2.26. The van der Waals surface area contributed by atoms with Crippen LogP contribution in [-0.2, 0) is 9.59 Å². The first-order valence-corrected chi connectivity index (χ1v) is 9.48. The van der Waals surface area contributed by atoms with Crippen LogP contribution in [0.3, 0.4) is 0 Å². The maximum Gasteiger partial charge on any atom is 0.261 e. The van der Waals surface area contributed by atoms with Crippen LogP contribution in [0.2, 0.25) is 5.02 Å². The standard InChI is InChI=1S/C21H20ClN3O4/c1-12-5-7-15-16(10-12)21(29)25(20(15)28)9-3-4-19(27)24-18-8-6-14(11-17(18)22)23-13(2)26/h5-8,10-11H,3-4,9H2,1-2H3,(H,23,26)(H,24,27). The number of hydrogen-bond acceptors (Lipinski definition) is 4. The molecular weight excluding hydrogens is 394 g/mol. The van der Waals surface area contributed by atoms with Crippen molar-refractivity contribution in [1.82, 2.24) is 4.90 Å². The molecule has 7 nitrogen and oxygen atoms in total. The van der Waals surface area contributed by atoms with Crippen LogP contribution in [0, 0.1) is 6.92 Å². The largest absolute Gasteiger partial charge is 0.326 e. The van der Waals surface area contributed by atoms with Gasteiger partial charge in [-0.15, -0.1) is 0 Å². The maximum atomic E-state index is 12.4. The highest BCUT2D eigenvalue weighted by atomic mass is 35.5. The molecule has 0 saturated heterocycles. The molecule has 2 aromatic carbocycles. The predicted octanol–water partition coefficient (Wildman–Crippen LogP) is 3.62. The molecule has 0 bridgehead atoms. The normalized spacial score (nSPS) is 12.7. The van der Waals surface area contributed by atoms with E-state index in [2.05, 4.69) is 10.6 Å². The minimum atomic E-state index is -0.331. The lowest BCUT2D eigenvalue weighted by molar-refractivity contribution is -0.116. The van der Waals surface area contributed by atoms with Gasteiger partial charge in [0.2, 0.25) is 11.8 Å². The molecule has 2 aromatic rings. The average Bonchev–Trinajstić information content (AvgIpc) is 2.88. The third-order valence-electron chi connectivity index (χ3n) is 4.48. The van der Waals surface area contributed by atoms with Gasteiger partial charge in [0.05, 0.1) is 21.8 Å². The Balaban J connectivity index is 1.54. The topological polar surface area (TPSA) is 95.6 Å². The van der Waals surface area contributed by atoms with Crippen molar-refractivity contribution in [1.29, 1.82) is 0 Å². The summed E-state index contributed by atoms with van der Waals surface area (Å²) < 4.78 is 0. The Labute approximate surface area is 173 Å². The molecule has 0 aromatic heterocycles. The zero-order valence-electron chi connectivity index (χ0n) is 16.0. The summed E-state index contributed by atoms with van der Waals surface area (Å²) in [5.41, 5.74) is 2.66. The lowest BCUT2D eigenvalue weighted by atomic mass is 10.1. The molecule has 1 heterocycles. The second-order valence-electron chi connectivity index (χ2n) is 6.84. The van der Waals surface area contributed by atoms with Gasteiger partial charge in [0.1, 0.15) is 0 Å². The van der Waals surface area contributed by atoms with Crippen LogP contribution in [0.25, 0.3) is 0 Å². The van der Waals surface area contributed by atoms with E-state index in [1.54, 1.807) is 36.4 Å². The number of aryl methyl sites for hydroxylation is 1. The first-order chi connectivity index (χ1) is 13.8. The fraction of sp³-hybridized carbons (Fsp3) is 0.238. The van der Waals surface area contributed by atoms with Crippen molar-refractivity contribution in [2.45, 2.75) is 26.7 Å². The smallest absolute Gasteiger partial charge is 0.261 e. The van der Waals surface area contributed by atoms with E-state index >= 15 is 0 Å². The minimum absolute atomic E-state index is 0.121. The third-order valence-corrected chi connectivity index (χ3v) is 4.79. The number of carbonyl (C=O) groups is 4. The molecule has 0 saturated carbocycles. The molecule has 2 N–H and O–H groups in total. The number of hydrogen-bond donors (Lipinski definition) is 2. The van der Waals surface area contributed by atoms with E-state index in [1.807, 2.05) is 6.92 Å². The summed E-state index contributed by atoms with van der Waals surface area (Å²) >= 11 is 6.13. The number of benzene rings is 2. The van der Waals surface area contributed by atoms with E-state index in [9.17, 15) is 19.2 Å². The number of imide groups is 1. The summed E-state index contributed by atoms with van der Waals surface area (Å²) in [6.45, 7) is 3.41. The molecule has 150 valence electrons. The molecule has 0 spiro atoms. The van der Waals surface area contributed by atoms with Gasteiger partial charge in [-0.2, -0.15) is 0 Å². The second kappa shape index (κ2) is 8.45. The summed E-state index contributed by atoms with van der Waals surface area (Å²) in [4.78, 5) is 49.3. The summed E-state index contributed by atoms with van der Waals surface area (Å²) in [5, 5.41) is 5.59. The Bertz CT molecular complexity index is 1020. The second-order valence-corrected chi connectivity index (χ2v) is 7.25. The lowest BCUT2D eigenvalue weighted by Gasteiger charge is -2.14. The van der Waals surface area contributed by atoms with Gasteiger partial charge in [-0.3, -0.25) is 24.1 Å². The molecular formula is C21H20ClN3O4. The van der Waals surface area contributed by atoms with Crippen LogP contribution in [0.5, 0.6) is 0 Å². The van der Waals surface area contributed by atoms with Crippen molar-refractivity contribution in [2.75, 3.05) is 17.2 Å². The van der Waals surface area contributed by atoms with Gasteiger partial charge in [0.15, 0.2) is 0 Å². The zero-order chi connectivity index (χ0) is 21.1. The predicted molar refractivity (Wildman–Crippen MR) is 110 cm³/mol. The SMILES string of the molecule is CC(=O)Nc1ccc(NC(=O)CCCN2C(=O)c3ccc(C)cc3C2=O)c(Cl)c1. The molecule has 0 radical (unpaired) electrons. The van der Waals surface area contributed by atoms with E-state index in [4.69, 9.17) is 11.6 Å². The first kappa shape index (κ1) is 20.5. The van der Waals surface area contributed by atoms with Gasteiger partial charge < -0.3 is 10.6 Å². The Morgan fingerprint density at radius 1 is 1.00 bits per heavy atom. The number of nitrogens with zero attached hydrogens (tertiary/aromatic N) is 1. The Morgan fingerprint density at radius 2 is 1.72 bits per heavy atom. The molecule has 0 unspecified atom stereocenters. The average molecular weight is 414 g/mol. The van der Waals surface area contributed by atoms with Crippen LogP contribution < -0.4 is 10.6 Å². The molecule has 1 aliphatic rings. The first-order valence-electron chi connectivity index (χ1n) is 9.10. The van der Waals surface area contributed by atoms with Crippen molar-refractivity contribution in [2.24, 2.45) is 0 Å². The van der Waals surface area contributed by atoms with E-state index in [0.29, 0.717) is 33.9 Å². The van der Waals surface area contributed by atoms with Crippen molar-refractivity contribution in [3.05, 3.63) is 58.1 Å². The number of carbonyl (C=O) groups excluding carboxylic acids is 4. The molecule has 8 heteroatoms. The van der Waals surface area contributed by atoms with Gasteiger partial charge >= 0.3 is 0 Å². The highest BCUT2D eigenvalue weighted by Gasteiger charge is 2.34. The molecule has 0 fully saturated rings. The summed E-state index contributed by atoms with van der Waals surface area (Å²) in [5.74, 6) is -1.17. The number of anilines is 2. The Kier molecular flexibility index (Phi) is 5.98. The number of fused-ring (bicyclic) bond motifs is 1. The van der Waals surface area contributed by atoms with Crippen LogP contribution in [-0.4, -0.2) is 35.1 Å². The summed E-state index contributed by atoms with van der Waals surface area (Å²) in [6.07, 6.45) is 0.452. The summed E-state index contributed by atoms with van der Waals surface area (Å²) in [7, 11) is 0. The fourth-order valence-corrected chi connectivity index (χ4v) is 3.34. The molecule has 3 rings (SSSR count). The molecule has 1 aliphatic heterocycles. The van der Waals surface area contributed by atoms with E-state index in [1.165, 1.54) is 11.8 Å². The van der Waals surface area contributed by atoms with E-state index in [-0.39, 0.29) is 36.6 Å². The van der Waals surface area contributed by atoms with Crippen LogP contribution in [0.15, 0.2) is 36.4 Å². The highest BCUT2D eigenvalue weighted by molar-refractivity contribution is 6.34. The Morgan fingerprint density at radius 3 is 2.41 bits per heavy atom. The van der Waals surface area contributed by atoms with Gasteiger partial charge in [0.25, 0.3) is 11.8 Å². The van der Waals surface area contributed by atoms with Crippen molar-refractivity contribution < 1.29 is 19.2 Å². The lowest BCUT2D eigenvalue weighted by Crippen LogP contribution is -2.31. The van der Waals surface area contributed by atoms with Crippen LogP contribution >= 0.6 is 11.6 Å². The van der Waals surface area contributed by atoms with Crippen molar-refractivity contribution >= 4 is 46.6 Å². The number of nitrogens with one attached hydrogen (secondary N) is 2. The maximum absolute atomic E-state index is 12.4. The van der Waals surface area contributed by atoms with Gasteiger partial charge in [-0.1, -0.05) is 23.2 Å². The monoisotopic (exact) mass is 413 g/mol. The van der Waals surface area contributed by atoms with Crippen LogP contribution in [0.1, 0.15) is 46.0 Å². The zero-order valence-corrected chi connectivity index (χ0v) is 16.8. The van der Waals surface area contributed by atoms with Gasteiger partial charge in [-0.25, -0.2) is 0 Å². The van der Waals surface area contributed by atoms with Crippen molar-refractivity contribution in [3.63, 3.8) is 0 Å². The summed E-state index contributed by atoms with van der Waals surface area (Å²) in [6, 6.07) is 9.92. The number of halogens is 1. The van der Waals surface area contributed by atoms with Crippen LogP contribution in [0.4, 0.5) is 11.4 Å². The van der Waals surface area contributed by atoms with E-state index in [0.717, 1.165) is 5.56 Å². The Hall–Kier alpha value is -3.19. The molecule has 0 aliphatic carbocycles. The van der Waals surface area contributed by atoms with E-state index < -0.39 is 0 Å². The number of amides is 4. The minimum Gasteiger partial charge on any atom is -0.326 e. The fourth-order valence-electron chi connectivity index (χ4n) is 3.12. The molecule has 0 atom stereocenters. The van der Waals surface area contributed by atoms with Gasteiger partial charge in [-0.05, 0) is 43.7 Å². The molecule has 29 heavy (non-hydrogen) atoms.